The Labute approximate surface area is 76.7 Å². The van der Waals surface area contributed by atoms with Crippen LogP contribution in [0.4, 0.5) is 0 Å². The summed E-state index contributed by atoms with van der Waals surface area (Å²) in [5.74, 6) is -1.45. The Bertz CT molecular complexity index is 270. The van der Waals surface area contributed by atoms with Gasteiger partial charge in [0.25, 0.3) is 0 Å². The van der Waals surface area contributed by atoms with Crippen LogP contribution in [-0.2, 0) is 14.3 Å². The van der Waals surface area contributed by atoms with Crippen LogP contribution in [0.1, 0.15) is 13.3 Å². The second kappa shape index (κ2) is 3.60. The van der Waals surface area contributed by atoms with Crippen molar-refractivity contribution >= 4 is 11.8 Å². The van der Waals surface area contributed by atoms with Gasteiger partial charge in [0.2, 0.25) is 0 Å². The van der Waals surface area contributed by atoms with Gasteiger partial charge < -0.3 is 10.5 Å². The van der Waals surface area contributed by atoms with Crippen molar-refractivity contribution in [3.05, 3.63) is 11.8 Å². The zero-order valence-corrected chi connectivity index (χ0v) is 7.74. The van der Waals surface area contributed by atoms with Gasteiger partial charge in [0.15, 0.2) is 5.78 Å². The second-order valence-electron chi connectivity index (χ2n) is 3.30. The molecule has 1 aliphatic carbocycles. The highest BCUT2D eigenvalue weighted by Gasteiger charge is 2.34. The highest BCUT2D eigenvalue weighted by Crippen LogP contribution is 2.25. The Hall–Kier alpha value is -1.32. The van der Waals surface area contributed by atoms with Gasteiger partial charge in [0, 0.05) is 11.8 Å². The van der Waals surface area contributed by atoms with Crippen LogP contribution in [0.15, 0.2) is 11.8 Å². The van der Waals surface area contributed by atoms with E-state index >= 15 is 0 Å². The van der Waals surface area contributed by atoms with Crippen molar-refractivity contribution in [1.82, 2.24) is 0 Å². The maximum absolute atomic E-state index is 11.4. The largest absolute Gasteiger partial charge is 0.468 e. The van der Waals surface area contributed by atoms with Crippen LogP contribution in [0, 0.1) is 11.8 Å². The van der Waals surface area contributed by atoms with Crippen LogP contribution in [-0.4, -0.2) is 18.9 Å². The first-order valence-corrected chi connectivity index (χ1v) is 4.14. The van der Waals surface area contributed by atoms with Crippen LogP contribution in [0.3, 0.4) is 0 Å². The van der Waals surface area contributed by atoms with Crippen molar-refractivity contribution < 1.29 is 14.3 Å². The lowest BCUT2D eigenvalue weighted by atomic mass is 9.82. The Balaban J connectivity index is 2.87. The van der Waals surface area contributed by atoms with E-state index in [0.717, 1.165) is 0 Å². The van der Waals surface area contributed by atoms with Gasteiger partial charge in [-0.05, 0) is 12.3 Å². The molecular formula is C9H13NO3. The fourth-order valence-corrected chi connectivity index (χ4v) is 1.58. The molecule has 0 unspecified atom stereocenters. The third-order valence-corrected chi connectivity index (χ3v) is 2.22. The Kier molecular flexibility index (Phi) is 2.70. The van der Waals surface area contributed by atoms with Crippen molar-refractivity contribution in [1.29, 1.82) is 0 Å². The number of carbonyl (C=O) groups excluding carboxylic acids is 2. The summed E-state index contributed by atoms with van der Waals surface area (Å²) in [5.41, 5.74) is 6.05. The average molecular weight is 183 g/mol. The molecule has 2 atom stereocenters. The molecule has 0 saturated heterocycles. The van der Waals surface area contributed by atoms with Crippen LogP contribution >= 0.6 is 0 Å². The SMILES string of the molecule is COC(=O)[C@H]1C(=O)C=C(N)C[C@@H]1C. The monoisotopic (exact) mass is 183 g/mol. The van der Waals surface area contributed by atoms with E-state index in [1.165, 1.54) is 13.2 Å². The molecule has 1 aliphatic rings. The van der Waals surface area contributed by atoms with E-state index in [2.05, 4.69) is 4.74 Å². The summed E-state index contributed by atoms with van der Waals surface area (Å²) in [7, 11) is 1.28. The quantitative estimate of drug-likeness (QED) is 0.466. The van der Waals surface area contributed by atoms with Gasteiger partial charge in [-0.3, -0.25) is 9.59 Å². The van der Waals surface area contributed by atoms with Gasteiger partial charge in [0.1, 0.15) is 5.92 Å². The number of carbonyl (C=O) groups is 2. The van der Waals surface area contributed by atoms with Crippen molar-refractivity contribution in [2.45, 2.75) is 13.3 Å². The molecule has 2 N–H and O–H groups in total. The molecule has 1 rings (SSSR count). The molecule has 72 valence electrons. The summed E-state index contributed by atoms with van der Waals surface area (Å²) in [5, 5.41) is 0. The lowest BCUT2D eigenvalue weighted by Gasteiger charge is -2.23. The van der Waals surface area contributed by atoms with Crippen LogP contribution in [0.2, 0.25) is 0 Å². The Morgan fingerprint density at radius 2 is 2.31 bits per heavy atom. The lowest BCUT2D eigenvalue weighted by molar-refractivity contribution is -0.150. The van der Waals surface area contributed by atoms with Gasteiger partial charge in [-0.25, -0.2) is 0 Å². The Morgan fingerprint density at radius 3 is 2.77 bits per heavy atom. The smallest absolute Gasteiger partial charge is 0.316 e. The van der Waals surface area contributed by atoms with Crippen molar-refractivity contribution in [2.24, 2.45) is 17.6 Å². The average Bonchev–Trinajstić information content (AvgIpc) is 2.02. The molecule has 0 aromatic heterocycles. The highest BCUT2D eigenvalue weighted by atomic mass is 16.5. The van der Waals surface area contributed by atoms with Gasteiger partial charge in [-0.1, -0.05) is 6.92 Å². The van der Waals surface area contributed by atoms with E-state index in [1.54, 1.807) is 0 Å². The second-order valence-corrected chi connectivity index (χ2v) is 3.30. The topological polar surface area (TPSA) is 69.4 Å². The van der Waals surface area contributed by atoms with E-state index in [4.69, 9.17) is 5.73 Å². The number of esters is 1. The van der Waals surface area contributed by atoms with E-state index in [1.807, 2.05) is 6.92 Å². The number of hydrogen-bond acceptors (Lipinski definition) is 4. The molecule has 0 radical (unpaired) electrons. The van der Waals surface area contributed by atoms with Crippen molar-refractivity contribution in [3.63, 3.8) is 0 Å². The summed E-state index contributed by atoms with van der Waals surface area (Å²) in [6, 6.07) is 0. The molecule has 0 fully saturated rings. The predicted octanol–water partition coefficient (Wildman–Crippen LogP) is 0.227. The van der Waals surface area contributed by atoms with Crippen LogP contribution < -0.4 is 5.73 Å². The van der Waals surface area contributed by atoms with E-state index in [0.29, 0.717) is 12.1 Å². The third kappa shape index (κ3) is 1.88. The van der Waals surface area contributed by atoms with Crippen LogP contribution in [0.25, 0.3) is 0 Å². The van der Waals surface area contributed by atoms with E-state index < -0.39 is 11.9 Å². The third-order valence-electron chi connectivity index (χ3n) is 2.22. The normalized spacial score (nSPS) is 28.2. The molecule has 0 bridgehead atoms. The van der Waals surface area contributed by atoms with E-state index in [-0.39, 0.29) is 11.7 Å². The minimum atomic E-state index is -0.669. The van der Waals surface area contributed by atoms with Crippen molar-refractivity contribution in [2.75, 3.05) is 7.11 Å². The zero-order valence-electron chi connectivity index (χ0n) is 7.74. The van der Waals surface area contributed by atoms with Gasteiger partial charge >= 0.3 is 5.97 Å². The highest BCUT2D eigenvalue weighted by molar-refractivity contribution is 6.06. The fourth-order valence-electron chi connectivity index (χ4n) is 1.58. The number of allylic oxidation sites excluding steroid dienone is 2. The molecular weight excluding hydrogens is 170 g/mol. The Morgan fingerprint density at radius 1 is 1.69 bits per heavy atom. The summed E-state index contributed by atoms with van der Waals surface area (Å²) in [6.07, 6.45) is 1.90. The molecule has 0 saturated carbocycles. The number of rotatable bonds is 1. The molecule has 0 aromatic carbocycles. The maximum atomic E-state index is 11.4. The first-order valence-electron chi connectivity index (χ1n) is 4.14. The summed E-state index contributed by atoms with van der Waals surface area (Å²) < 4.78 is 4.54. The molecule has 0 amide bonds. The minimum Gasteiger partial charge on any atom is -0.468 e. The standard InChI is InChI=1S/C9H13NO3/c1-5-3-6(10)4-7(11)8(5)9(12)13-2/h4-5,8H,3,10H2,1-2H3/t5-,8+/m0/s1. The summed E-state index contributed by atoms with van der Waals surface area (Å²) >= 11 is 0. The summed E-state index contributed by atoms with van der Waals surface area (Å²) in [6.45, 7) is 1.82. The predicted molar refractivity (Wildman–Crippen MR) is 46.6 cm³/mol. The molecule has 0 spiro atoms. The minimum absolute atomic E-state index is 0.0649. The number of methoxy groups -OCH3 is 1. The zero-order chi connectivity index (χ0) is 10.0. The number of nitrogens with two attached hydrogens (primary N) is 1. The van der Waals surface area contributed by atoms with Gasteiger partial charge in [0.05, 0.1) is 7.11 Å². The molecule has 4 nitrogen and oxygen atoms in total. The lowest BCUT2D eigenvalue weighted by Crippen LogP contribution is -2.34. The molecule has 0 heterocycles. The number of ether oxygens (including phenoxy) is 1. The molecule has 0 aromatic rings. The summed E-state index contributed by atoms with van der Waals surface area (Å²) in [4.78, 5) is 22.5. The van der Waals surface area contributed by atoms with Crippen LogP contribution in [0.5, 0.6) is 0 Å². The van der Waals surface area contributed by atoms with Gasteiger partial charge in [-0.15, -0.1) is 0 Å². The number of ketones is 1. The van der Waals surface area contributed by atoms with E-state index in [9.17, 15) is 9.59 Å². The molecule has 4 heteroatoms. The first-order chi connectivity index (χ1) is 6.06. The number of hydrogen-bond donors (Lipinski definition) is 1. The molecule has 0 aliphatic heterocycles. The fraction of sp³-hybridized carbons (Fsp3) is 0.556. The van der Waals surface area contributed by atoms with Crippen molar-refractivity contribution in [3.8, 4) is 0 Å². The first kappa shape index (κ1) is 9.77. The maximum Gasteiger partial charge on any atom is 0.316 e. The van der Waals surface area contributed by atoms with Gasteiger partial charge in [-0.2, -0.15) is 0 Å². The molecule has 13 heavy (non-hydrogen) atoms.